The van der Waals surface area contributed by atoms with E-state index in [1.54, 1.807) is 0 Å². The summed E-state index contributed by atoms with van der Waals surface area (Å²) < 4.78 is 5.71. The molecule has 1 aromatic carbocycles. The number of nitrogens with two attached hydrogens (primary N) is 1. The number of hydrogen-bond acceptors (Lipinski definition) is 3. The zero-order valence-electron chi connectivity index (χ0n) is 11.8. The molecule has 1 saturated heterocycles. The van der Waals surface area contributed by atoms with Gasteiger partial charge in [-0.05, 0) is 37.8 Å². The fourth-order valence-electron chi connectivity index (χ4n) is 2.76. The van der Waals surface area contributed by atoms with Gasteiger partial charge in [0.1, 0.15) is 0 Å². The summed E-state index contributed by atoms with van der Waals surface area (Å²) in [6.45, 7) is 4.83. The first-order valence-electron chi connectivity index (χ1n) is 7.46. The summed E-state index contributed by atoms with van der Waals surface area (Å²) in [7, 11) is 0. The molecule has 0 spiro atoms. The molecule has 1 aliphatic rings. The Morgan fingerprint density at radius 2 is 2.05 bits per heavy atom. The van der Waals surface area contributed by atoms with Crippen molar-refractivity contribution in [3.8, 4) is 0 Å². The predicted octanol–water partition coefficient (Wildman–Crippen LogP) is 2.06. The zero-order valence-corrected chi connectivity index (χ0v) is 11.8. The Bertz CT molecular complexity index is 342. The first-order chi connectivity index (χ1) is 9.40. The van der Waals surface area contributed by atoms with Gasteiger partial charge in [-0.2, -0.15) is 0 Å². The predicted molar refractivity (Wildman–Crippen MR) is 79.2 cm³/mol. The topological polar surface area (TPSA) is 38.5 Å². The molecular formula is C16H26N2O. The van der Waals surface area contributed by atoms with E-state index in [0.717, 1.165) is 39.1 Å². The minimum atomic E-state index is 0.615. The van der Waals surface area contributed by atoms with Crippen LogP contribution in [-0.4, -0.2) is 43.8 Å². The van der Waals surface area contributed by atoms with E-state index >= 15 is 0 Å². The first-order valence-corrected chi connectivity index (χ1v) is 7.46. The van der Waals surface area contributed by atoms with Crippen molar-refractivity contribution >= 4 is 0 Å². The molecule has 0 radical (unpaired) electrons. The molecular weight excluding hydrogens is 236 g/mol. The molecule has 19 heavy (non-hydrogen) atoms. The van der Waals surface area contributed by atoms with Crippen LogP contribution in [-0.2, 0) is 11.2 Å². The lowest BCUT2D eigenvalue weighted by Crippen LogP contribution is -2.36. The molecule has 1 heterocycles. The lowest BCUT2D eigenvalue weighted by Gasteiger charge is -2.22. The molecule has 1 aliphatic heterocycles. The van der Waals surface area contributed by atoms with Gasteiger partial charge in [-0.25, -0.2) is 0 Å². The van der Waals surface area contributed by atoms with Crippen molar-refractivity contribution in [2.24, 2.45) is 5.73 Å². The molecule has 2 N–H and O–H groups in total. The van der Waals surface area contributed by atoms with Crippen molar-refractivity contribution in [1.29, 1.82) is 0 Å². The van der Waals surface area contributed by atoms with Gasteiger partial charge in [0.2, 0.25) is 0 Å². The summed E-state index contributed by atoms with van der Waals surface area (Å²) in [6, 6.07) is 11.1. The van der Waals surface area contributed by atoms with Gasteiger partial charge in [-0.1, -0.05) is 30.3 Å². The van der Waals surface area contributed by atoms with Crippen LogP contribution in [0, 0.1) is 0 Å². The van der Waals surface area contributed by atoms with Gasteiger partial charge in [0.05, 0.1) is 6.61 Å². The Morgan fingerprint density at radius 1 is 1.21 bits per heavy atom. The summed E-state index contributed by atoms with van der Waals surface area (Å²) in [4.78, 5) is 2.51. The monoisotopic (exact) mass is 262 g/mol. The van der Waals surface area contributed by atoms with Crippen LogP contribution in [0.3, 0.4) is 0 Å². The molecule has 3 heteroatoms. The SMILES string of the molecule is NC[C@@H]1CCCN1CCCOCCc1ccccc1. The van der Waals surface area contributed by atoms with Crippen molar-refractivity contribution in [3.63, 3.8) is 0 Å². The van der Waals surface area contributed by atoms with Crippen molar-refractivity contribution < 1.29 is 4.74 Å². The Morgan fingerprint density at radius 3 is 2.84 bits per heavy atom. The largest absolute Gasteiger partial charge is 0.381 e. The lowest BCUT2D eigenvalue weighted by molar-refractivity contribution is 0.121. The summed E-state index contributed by atoms with van der Waals surface area (Å²) in [5.74, 6) is 0. The van der Waals surface area contributed by atoms with Gasteiger partial charge in [0.25, 0.3) is 0 Å². The van der Waals surface area contributed by atoms with Crippen molar-refractivity contribution in [3.05, 3.63) is 35.9 Å². The van der Waals surface area contributed by atoms with Crippen LogP contribution in [0.1, 0.15) is 24.8 Å². The highest BCUT2D eigenvalue weighted by atomic mass is 16.5. The van der Waals surface area contributed by atoms with E-state index in [0.29, 0.717) is 6.04 Å². The van der Waals surface area contributed by atoms with Crippen LogP contribution in [0.25, 0.3) is 0 Å². The zero-order chi connectivity index (χ0) is 13.3. The van der Waals surface area contributed by atoms with Crippen LogP contribution >= 0.6 is 0 Å². The van der Waals surface area contributed by atoms with Crippen LogP contribution in [0.15, 0.2) is 30.3 Å². The number of ether oxygens (including phenoxy) is 1. The van der Waals surface area contributed by atoms with Crippen LogP contribution in [0.2, 0.25) is 0 Å². The van der Waals surface area contributed by atoms with E-state index in [4.69, 9.17) is 10.5 Å². The standard InChI is InChI=1S/C16H26N2O/c17-14-16-8-4-10-18(16)11-5-12-19-13-9-15-6-2-1-3-7-15/h1-3,6-7,16H,4-5,8-14,17H2/t16-/m0/s1. The molecule has 0 bridgehead atoms. The molecule has 1 aromatic rings. The van der Waals surface area contributed by atoms with Gasteiger partial charge in [0.15, 0.2) is 0 Å². The number of hydrogen-bond donors (Lipinski definition) is 1. The average Bonchev–Trinajstić information content (AvgIpc) is 2.91. The van der Waals surface area contributed by atoms with Crippen LogP contribution < -0.4 is 5.73 Å². The van der Waals surface area contributed by atoms with Crippen molar-refractivity contribution in [1.82, 2.24) is 4.90 Å². The Balaban J connectivity index is 1.50. The van der Waals surface area contributed by atoms with E-state index in [1.165, 1.54) is 24.9 Å². The second-order valence-corrected chi connectivity index (χ2v) is 5.27. The number of rotatable bonds is 8. The Hall–Kier alpha value is -0.900. The van der Waals surface area contributed by atoms with Crippen LogP contribution in [0.5, 0.6) is 0 Å². The van der Waals surface area contributed by atoms with E-state index in [9.17, 15) is 0 Å². The molecule has 1 atom stereocenters. The summed E-state index contributed by atoms with van der Waals surface area (Å²) in [5, 5.41) is 0. The first kappa shape index (κ1) is 14.5. The third kappa shape index (κ3) is 4.94. The van der Waals surface area contributed by atoms with Gasteiger partial charge in [-0.15, -0.1) is 0 Å². The van der Waals surface area contributed by atoms with Gasteiger partial charge in [0, 0.05) is 25.7 Å². The molecule has 0 unspecified atom stereocenters. The highest BCUT2D eigenvalue weighted by molar-refractivity contribution is 5.14. The second kappa shape index (κ2) is 8.31. The summed E-state index contributed by atoms with van der Waals surface area (Å²) >= 11 is 0. The van der Waals surface area contributed by atoms with E-state index < -0.39 is 0 Å². The average molecular weight is 262 g/mol. The van der Waals surface area contributed by atoms with E-state index in [-0.39, 0.29) is 0 Å². The Labute approximate surface area is 116 Å². The Kier molecular flexibility index (Phi) is 6.34. The normalized spacial score (nSPS) is 19.9. The molecule has 0 saturated carbocycles. The molecule has 0 aliphatic carbocycles. The highest BCUT2D eigenvalue weighted by Gasteiger charge is 2.21. The van der Waals surface area contributed by atoms with E-state index in [2.05, 4.69) is 29.2 Å². The third-order valence-electron chi connectivity index (χ3n) is 3.88. The number of benzene rings is 1. The molecule has 3 nitrogen and oxygen atoms in total. The summed E-state index contributed by atoms with van der Waals surface area (Å²) in [6.07, 6.45) is 4.70. The fourth-order valence-corrected chi connectivity index (χ4v) is 2.76. The minimum Gasteiger partial charge on any atom is -0.381 e. The fraction of sp³-hybridized carbons (Fsp3) is 0.625. The van der Waals surface area contributed by atoms with Gasteiger partial charge < -0.3 is 10.5 Å². The number of likely N-dealkylation sites (tertiary alicyclic amines) is 1. The van der Waals surface area contributed by atoms with Gasteiger partial charge >= 0.3 is 0 Å². The second-order valence-electron chi connectivity index (χ2n) is 5.27. The van der Waals surface area contributed by atoms with Crippen molar-refractivity contribution in [2.75, 3.05) is 32.8 Å². The molecule has 0 amide bonds. The maximum absolute atomic E-state index is 5.77. The lowest BCUT2D eigenvalue weighted by atomic mass is 10.2. The molecule has 2 rings (SSSR count). The molecule has 1 fully saturated rings. The maximum Gasteiger partial charge on any atom is 0.0506 e. The quantitative estimate of drug-likeness (QED) is 0.729. The minimum absolute atomic E-state index is 0.615. The summed E-state index contributed by atoms with van der Waals surface area (Å²) in [5.41, 5.74) is 7.12. The van der Waals surface area contributed by atoms with Gasteiger partial charge in [-0.3, -0.25) is 4.90 Å². The third-order valence-corrected chi connectivity index (χ3v) is 3.88. The smallest absolute Gasteiger partial charge is 0.0506 e. The molecule has 106 valence electrons. The molecule has 0 aromatic heterocycles. The highest BCUT2D eigenvalue weighted by Crippen LogP contribution is 2.15. The van der Waals surface area contributed by atoms with Crippen molar-refractivity contribution in [2.45, 2.75) is 31.7 Å². The number of nitrogens with zero attached hydrogens (tertiary/aromatic N) is 1. The van der Waals surface area contributed by atoms with Crippen LogP contribution in [0.4, 0.5) is 0 Å². The van der Waals surface area contributed by atoms with E-state index in [1.807, 2.05) is 6.07 Å². The maximum atomic E-state index is 5.77.